The molecule has 3 heteroatoms. The minimum atomic E-state index is -0.391. The molecule has 1 fully saturated rings. The molecule has 1 N–H and O–H groups in total. The first-order valence-corrected chi connectivity index (χ1v) is 6.19. The highest BCUT2D eigenvalue weighted by molar-refractivity contribution is 5.75. The first kappa shape index (κ1) is 12.1. The number of carbonyl (C=O) groups is 1. The van der Waals surface area contributed by atoms with E-state index in [1.54, 1.807) is 18.2 Å². The van der Waals surface area contributed by atoms with E-state index >= 15 is 0 Å². The molecule has 1 aliphatic rings. The Morgan fingerprint density at radius 1 is 1.24 bits per heavy atom. The molecule has 92 valence electrons. The van der Waals surface area contributed by atoms with Crippen LogP contribution in [-0.2, 0) is 0 Å². The maximum atomic E-state index is 10.7. The number of hydrogen-bond donors (Lipinski definition) is 1. The van der Waals surface area contributed by atoms with Crippen LogP contribution in [0.3, 0.4) is 0 Å². The quantitative estimate of drug-likeness (QED) is 0.646. The molecule has 17 heavy (non-hydrogen) atoms. The molecule has 1 aromatic carbocycles. The number of hydrogen-bond acceptors (Lipinski definition) is 3. The summed E-state index contributed by atoms with van der Waals surface area (Å²) < 4.78 is 5.78. The molecule has 0 aliphatic heterocycles. The summed E-state index contributed by atoms with van der Waals surface area (Å²) in [6.07, 6.45) is 5.27. The zero-order valence-electron chi connectivity index (χ0n) is 9.84. The van der Waals surface area contributed by atoms with Gasteiger partial charge in [-0.05, 0) is 31.4 Å². The smallest absolute Gasteiger partial charge is 0.150 e. The van der Waals surface area contributed by atoms with Crippen LogP contribution >= 0.6 is 0 Å². The minimum absolute atomic E-state index is 0.139. The van der Waals surface area contributed by atoms with Gasteiger partial charge in [-0.15, -0.1) is 0 Å². The van der Waals surface area contributed by atoms with Gasteiger partial charge in [-0.1, -0.05) is 25.0 Å². The van der Waals surface area contributed by atoms with Gasteiger partial charge in [-0.3, -0.25) is 4.79 Å². The van der Waals surface area contributed by atoms with E-state index in [1.165, 1.54) is 0 Å². The largest absolute Gasteiger partial charge is 0.488 e. The molecular formula is C14H18O3. The number of ether oxygens (including phenoxy) is 1. The van der Waals surface area contributed by atoms with Crippen molar-refractivity contribution in [2.75, 3.05) is 0 Å². The van der Waals surface area contributed by atoms with Gasteiger partial charge >= 0.3 is 0 Å². The number of benzene rings is 1. The molecule has 0 amide bonds. The highest BCUT2D eigenvalue weighted by Gasteiger charge is 2.23. The maximum absolute atomic E-state index is 10.7. The minimum Gasteiger partial charge on any atom is -0.488 e. The van der Waals surface area contributed by atoms with Crippen molar-refractivity contribution in [1.29, 1.82) is 0 Å². The lowest BCUT2D eigenvalue weighted by atomic mass is 10.1. The van der Waals surface area contributed by atoms with E-state index in [-0.39, 0.29) is 6.10 Å². The lowest BCUT2D eigenvalue weighted by Crippen LogP contribution is -2.30. The standard InChI is InChI=1S/C14H18O3/c15-10-11-5-4-6-12(9-11)17-14-8-3-1-2-7-13(14)16/h4-6,9-10,13-14,16H,1-3,7-8H2. The van der Waals surface area contributed by atoms with Crippen molar-refractivity contribution >= 4 is 6.29 Å². The van der Waals surface area contributed by atoms with Crippen LogP contribution in [0.2, 0.25) is 0 Å². The number of aldehydes is 1. The number of carbonyl (C=O) groups excluding carboxylic acids is 1. The zero-order chi connectivity index (χ0) is 12.1. The number of aliphatic hydroxyl groups is 1. The van der Waals surface area contributed by atoms with Crippen LogP contribution in [0.25, 0.3) is 0 Å². The second-order valence-electron chi connectivity index (χ2n) is 4.55. The van der Waals surface area contributed by atoms with E-state index in [2.05, 4.69) is 0 Å². The molecule has 1 aliphatic carbocycles. The van der Waals surface area contributed by atoms with Crippen LogP contribution in [0, 0.1) is 0 Å². The monoisotopic (exact) mass is 234 g/mol. The van der Waals surface area contributed by atoms with Crippen molar-refractivity contribution in [2.24, 2.45) is 0 Å². The molecule has 0 heterocycles. The molecule has 0 bridgehead atoms. The van der Waals surface area contributed by atoms with Crippen LogP contribution < -0.4 is 4.74 Å². The predicted octanol–water partition coefficient (Wildman–Crippen LogP) is 2.57. The molecule has 1 aromatic rings. The van der Waals surface area contributed by atoms with Crippen molar-refractivity contribution in [3.8, 4) is 5.75 Å². The van der Waals surface area contributed by atoms with Gasteiger partial charge < -0.3 is 9.84 Å². The molecule has 3 nitrogen and oxygen atoms in total. The summed E-state index contributed by atoms with van der Waals surface area (Å²) in [5, 5.41) is 9.94. The molecule has 0 radical (unpaired) electrons. The van der Waals surface area contributed by atoms with E-state index in [0.717, 1.165) is 38.4 Å². The molecule has 0 saturated heterocycles. The predicted molar refractivity (Wildman–Crippen MR) is 65.3 cm³/mol. The van der Waals surface area contributed by atoms with Crippen molar-refractivity contribution < 1.29 is 14.6 Å². The van der Waals surface area contributed by atoms with Gasteiger partial charge in [0, 0.05) is 5.56 Å². The lowest BCUT2D eigenvalue weighted by molar-refractivity contribution is 0.0319. The van der Waals surface area contributed by atoms with E-state index in [4.69, 9.17) is 4.74 Å². The topological polar surface area (TPSA) is 46.5 Å². The van der Waals surface area contributed by atoms with Gasteiger partial charge in [-0.2, -0.15) is 0 Å². The Bertz CT molecular complexity index is 375. The molecule has 2 rings (SSSR count). The lowest BCUT2D eigenvalue weighted by Gasteiger charge is -2.22. The fourth-order valence-electron chi connectivity index (χ4n) is 2.23. The molecule has 2 atom stereocenters. The Hall–Kier alpha value is -1.35. The summed E-state index contributed by atoms with van der Waals surface area (Å²) in [4.78, 5) is 10.7. The van der Waals surface area contributed by atoms with Gasteiger partial charge in [-0.25, -0.2) is 0 Å². The third-order valence-electron chi connectivity index (χ3n) is 3.20. The fourth-order valence-corrected chi connectivity index (χ4v) is 2.23. The summed E-state index contributed by atoms with van der Waals surface area (Å²) in [5.74, 6) is 0.667. The number of aliphatic hydroxyl groups excluding tert-OH is 1. The summed E-state index contributed by atoms with van der Waals surface area (Å²) in [5.41, 5.74) is 0.602. The highest BCUT2D eigenvalue weighted by Crippen LogP contribution is 2.23. The third kappa shape index (κ3) is 3.30. The van der Waals surface area contributed by atoms with Gasteiger partial charge in [0.15, 0.2) is 0 Å². The second kappa shape index (κ2) is 5.82. The third-order valence-corrected chi connectivity index (χ3v) is 3.20. The average molecular weight is 234 g/mol. The van der Waals surface area contributed by atoms with Gasteiger partial charge in [0.25, 0.3) is 0 Å². The van der Waals surface area contributed by atoms with E-state index in [0.29, 0.717) is 11.3 Å². The van der Waals surface area contributed by atoms with E-state index < -0.39 is 6.10 Å². The first-order chi connectivity index (χ1) is 8.29. The summed E-state index contributed by atoms with van der Waals surface area (Å²) in [6.45, 7) is 0. The first-order valence-electron chi connectivity index (χ1n) is 6.19. The summed E-state index contributed by atoms with van der Waals surface area (Å²) >= 11 is 0. The maximum Gasteiger partial charge on any atom is 0.150 e. The normalized spacial score (nSPS) is 25.0. The van der Waals surface area contributed by atoms with Crippen LogP contribution in [0.5, 0.6) is 5.75 Å². The van der Waals surface area contributed by atoms with Crippen molar-refractivity contribution in [1.82, 2.24) is 0 Å². The van der Waals surface area contributed by atoms with Crippen LogP contribution in [0.4, 0.5) is 0 Å². The van der Waals surface area contributed by atoms with E-state index in [9.17, 15) is 9.90 Å². The SMILES string of the molecule is O=Cc1cccc(OC2CCCCCC2O)c1. The van der Waals surface area contributed by atoms with E-state index in [1.807, 2.05) is 6.07 Å². The molecule has 2 unspecified atom stereocenters. The Morgan fingerprint density at radius 2 is 2.06 bits per heavy atom. The van der Waals surface area contributed by atoms with Crippen molar-refractivity contribution in [3.05, 3.63) is 29.8 Å². The van der Waals surface area contributed by atoms with Gasteiger partial charge in [0.2, 0.25) is 0 Å². The summed E-state index contributed by atoms with van der Waals surface area (Å²) in [7, 11) is 0. The van der Waals surface area contributed by atoms with Crippen molar-refractivity contribution in [2.45, 2.75) is 44.3 Å². The Labute approximate surface area is 101 Å². The zero-order valence-corrected chi connectivity index (χ0v) is 9.84. The Balaban J connectivity index is 2.05. The summed E-state index contributed by atoms with van der Waals surface area (Å²) in [6, 6.07) is 7.07. The highest BCUT2D eigenvalue weighted by atomic mass is 16.5. The average Bonchev–Trinajstić information content (AvgIpc) is 2.55. The van der Waals surface area contributed by atoms with Crippen LogP contribution in [0.1, 0.15) is 42.5 Å². The van der Waals surface area contributed by atoms with Gasteiger partial charge in [0.1, 0.15) is 18.1 Å². The van der Waals surface area contributed by atoms with Crippen LogP contribution in [0.15, 0.2) is 24.3 Å². The molecular weight excluding hydrogens is 216 g/mol. The number of rotatable bonds is 3. The van der Waals surface area contributed by atoms with Crippen LogP contribution in [-0.4, -0.2) is 23.6 Å². The fraction of sp³-hybridized carbons (Fsp3) is 0.500. The molecule has 0 spiro atoms. The molecule has 0 aromatic heterocycles. The Morgan fingerprint density at radius 3 is 2.88 bits per heavy atom. The molecule has 1 saturated carbocycles. The van der Waals surface area contributed by atoms with Gasteiger partial charge in [0.05, 0.1) is 6.10 Å². The Kier molecular flexibility index (Phi) is 4.15. The second-order valence-corrected chi connectivity index (χ2v) is 4.55. The van der Waals surface area contributed by atoms with Crippen molar-refractivity contribution in [3.63, 3.8) is 0 Å².